The SMILES string of the molecule is C=C(C)C[NH+]1CCN(C(=O)CCN2C(=O)c3ccccc3C2=O)CC1. The molecule has 3 rings (SSSR count). The van der Waals surface area contributed by atoms with Crippen LogP contribution in [0.1, 0.15) is 34.1 Å². The topological polar surface area (TPSA) is 62.1 Å². The van der Waals surface area contributed by atoms with Crippen molar-refractivity contribution < 1.29 is 19.3 Å². The lowest BCUT2D eigenvalue weighted by atomic mass is 10.1. The van der Waals surface area contributed by atoms with Crippen LogP contribution in [0, 0.1) is 0 Å². The molecular weight excluding hydrogens is 318 g/mol. The number of amides is 3. The highest BCUT2D eigenvalue weighted by Gasteiger charge is 2.35. The van der Waals surface area contributed by atoms with Gasteiger partial charge in [-0.2, -0.15) is 0 Å². The Kier molecular flexibility index (Phi) is 4.99. The molecule has 1 aromatic carbocycles. The Labute approximate surface area is 147 Å². The zero-order valence-corrected chi connectivity index (χ0v) is 14.6. The molecule has 0 aromatic heterocycles. The first-order chi connectivity index (χ1) is 12.0. The summed E-state index contributed by atoms with van der Waals surface area (Å²) in [5.41, 5.74) is 2.01. The monoisotopic (exact) mass is 342 g/mol. The van der Waals surface area contributed by atoms with E-state index in [1.165, 1.54) is 9.80 Å². The molecule has 2 heterocycles. The van der Waals surface area contributed by atoms with Gasteiger partial charge in [-0.15, -0.1) is 0 Å². The van der Waals surface area contributed by atoms with Crippen molar-refractivity contribution in [1.82, 2.24) is 9.80 Å². The number of fused-ring (bicyclic) bond motifs is 1. The van der Waals surface area contributed by atoms with Gasteiger partial charge in [0.05, 0.1) is 43.9 Å². The summed E-state index contributed by atoms with van der Waals surface area (Å²) in [5.74, 6) is -0.598. The van der Waals surface area contributed by atoms with Crippen LogP contribution in [0.5, 0.6) is 0 Å². The Balaban J connectivity index is 1.51. The van der Waals surface area contributed by atoms with E-state index in [9.17, 15) is 14.4 Å². The number of imide groups is 1. The Bertz CT molecular complexity index is 685. The van der Waals surface area contributed by atoms with Gasteiger partial charge in [0.25, 0.3) is 11.8 Å². The molecular formula is C19H24N3O3+. The van der Waals surface area contributed by atoms with Gasteiger partial charge in [-0.25, -0.2) is 0 Å². The molecule has 1 fully saturated rings. The average molecular weight is 342 g/mol. The molecule has 132 valence electrons. The smallest absolute Gasteiger partial charge is 0.261 e. The summed E-state index contributed by atoms with van der Waals surface area (Å²) in [6.07, 6.45) is 0.182. The van der Waals surface area contributed by atoms with Crippen LogP contribution in [0.2, 0.25) is 0 Å². The molecule has 3 amide bonds. The number of nitrogens with zero attached hydrogens (tertiary/aromatic N) is 2. The zero-order valence-electron chi connectivity index (χ0n) is 14.6. The van der Waals surface area contributed by atoms with E-state index >= 15 is 0 Å². The molecule has 0 aliphatic carbocycles. The van der Waals surface area contributed by atoms with Gasteiger partial charge in [0.15, 0.2) is 0 Å². The summed E-state index contributed by atoms with van der Waals surface area (Å²) in [6, 6.07) is 6.79. The first-order valence-electron chi connectivity index (χ1n) is 8.68. The predicted octanol–water partition coefficient (Wildman–Crippen LogP) is -0.0241. The van der Waals surface area contributed by atoms with Crippen LogP contribution in [0.3, 0.4) is 0 Å². The minimum Gasteiger partial charge on any atom is -0.331 e. The zero-order chi connectivity index (χ0) is 18.0. The Hall–Kier alpha value is -2.47. The number of hydrogen-bond acceptors (Lipinski definition) is 3. The lowest BCUT2D eigenvalue weighted by Gasteiger charge is -2.32. The highest BCUT2D eigenvalue weighted by atomic mass is 16.2. The van der Waals surface area contributed by atoms with E-state index < -0.39 is 0 Å². The summed E-state index contributed by atoms with van der Waals surface area (Å²) in [5, 5.41) is 0. The molecule has 0 saturated carbocycles. The molecule has 0 bridgehead atoms. The van der Waals surface area contributed by atoms with Crippen molar-refractivity contribution in [2.75, 3.05) is 39.3 Å². The molecule has 6 nitrogen and oxygen atoms in total. The fraction of sp³-hybridized carbons (Fsp3) is 0.421. The molecule has 1 aromatic rings. The van der Waals surface area contributed by atoms with Crippen LogP contribution >= 0.6 is 0 Å². The number of carbonyl (C=O) groups is 3. The van der Waals surface area contributed by atoms with E-state index in [0.29, 0.717) is 24.2 Å². The van der Waals surface area contributed by atoms with Gasteiger partial charge in [0.2, 0.25) is 5.91 Å². The maximum absolute atomic E-state index is 12.4. The summed E-state index contributed by atoms with van der Waals surface area (Å²) in [4.78, 5) is 41.5. The predicted molar refractivity (Wildman–Crippen MR) is 93.4 cm³/mol. The van der Waals surface area contributed by atoms with Crippen LogP contribution in [-0.4, -0.2) is 66.8 Å². The molecule has 2 aliphatic heterocycles. The van der Waals surface area contributed by atoms with Crippen molar-refractivity contribution >= 4 is 17.7 Å². The van der Waals surface area contributed by atoms with E-state index in [-0.39, 0.29) is 30.7 Å². The maximum atomic E-state index is 12.4. The van der Waals surface area contributed by atoms with Crippen molar-refractivity contribution in [1.29, 1.82) is 0 Å². The van der Waals surface area contributed by atoms with Gasteiger partial charge in [-0.3, -0.25) is 19.3 Å². The summed E-state index contributed by atoms with van der Waals surface area (Å²) < 4.78 is 0. The van der Waals surface area contributed by atoms with Gasteiger partial charge in [-0.1, -0.05) is 18.7 Å². The minimum absolute atomic E-state index is 0.00549. The van der Waals surface area contributed by atoms with Gasteiger partial charge in [0, 0.05) is 13.0 Å². The molecule has 1 N–H and O–H groups in total. The highest BCUT2D eigenvalue weighted by molar-refractivity contribution is 6.21. The average Bonchev–Trinajstić information content (AvgIpc) is 2.84. The molecule has 0 radical (unpaired) electrons. The lowest BCUT2D eigenvalue weighted by molar-refractivity contribution is -0.899. The molecule has 6 heteroatoms. The second kappa shape index (κ2) is 7.19. The number of piperazine rings is 1. The minimum atomic E-state index is -0.302. The molecule has 0 atom stereocenters. The van der Waals surface area contributed by atoms with Crippen LogP contribution in [0.15, 0.2) is 36.4 Å². The normalized spacial score (nSPS) is 17.8. The van der Waals surface area contributed by atoms with Gasteiger partial charge in [-0.05, 0) is 24.6 Å². The fourth-order valence-corrected chi connectivity index (χ4v) is 3.48. The number of benzene rings is 1. The van der Waals surface area contributed by atoms with Crippen molar-refractivity contribution in [3.8, 4) is 0 Å². The Morgan fingerprint density at radius 2 is 1.68 bits per heavy atom. The van der Waals surface area contributed by atoms with Crippen LogP contribution in [-0.2, 0) is 4.79 Å². The number of carbonyl (C=O) groups excluding carboxylic acids is 3. The molecule has 1 saturated heterocycles. The van der Waals surface area contributed by atoms with E-state index in [1.54, 1.807) is 24.3 Å². The van der Waals surface area contributed by atoms with Crippen LogP contribution < -0.4 is 4.90 Å². The molecule has 2 aliphatic rings. The molecule has 0 unspecified atom stereocenters. The fourth-order valence-electron chi connectivity index (χ4n) is 3.48. The Morgan fingerprint density at radius 1 is 1.12 bits per heavy atom. The third kappa shape index (κ3) is 3.64. The second-order valence-electron chi connectivity index (χ2n) is 6.82. The molecule has 0 spiro atoms. The third-order valence-electron chi connectivity index (χ3n) is 4.80. The van der Waals surface area contributed by atoms with E-state index in [1.807, 2.05) is 11.8 Å². The van der Waals surface area contributed by atoms with Crippen molar-refractivity contribution in [3.63, 3.8) is 0 Å². The van der Waals surface area contributed by atoms with E-state index in [4.69, 9.17) is 0 Å². The van der Waals surface area contributed by atoms with Crippen LogP contribution in [0.25, 0.3) is 0 Å². The first kappa shape index (κ1) is 17.4. The highest BCUT2D eigenvalue weighted by Crippen LogP contribution is 2.22. The summed E-state index contributed by atoms with van der Waals surface area (Å²) in [7, 11) is 0. The van der Waals surface area contributed by atoms with Gasteiger partial charge < -0.3 is 9.80 Å². The summed E-state index contributed by atoms with van der Waals surface area (Å²) in [6.45, 7) is 10.3. The second-order valence-corrected chi connectivity index (χ2v) is 6.82. The Morgan fingerprint density at radius 3 is 2.20 bits per heavy atom. The van der Waals surface area contributed by atoms with Crippen molar-refractivity contribution in [2.45, 2.75) is 13.3 Å². The number of nitrogens with one attached hydrogen (secondary N) is 1. The van der Waals surface area contributed by atoms with E-state index in [2.05, 4.69) is 6.58 Å². The standard InChI is InChI=1S/C19H23N3O3/c1-14(2)13-20-9-11-21(12-10-20)17(23)7-8-22-18(24)15-5-3-4-6-16(15)19(22)25/h3-6H,1,7-13H2,2H3/p+1. The van der Waals surface area contributed by atoms with Crippen LogP contribution in [0.4, 0.5) is 0 Å². The third-order valence-corrected chi connectivity index (χ3v) is 4.80. The van der Waals surface area contributed by atoms with Gasteiger partial charge in [0.1, 0.15) is 0 Å². The number of hydrogen-bond donors (Lipinski definition) is 1. The number of quaternary nitrogens is 1. The number of rotatable bonds is 5. The lowest BCUT2D eigenvalue weighted by Crippen LogP contribution is -3.15. The summed E-state index contributed by atoms with van der Waals surface area (Å²) >= 11 is 0. The van der Waals surface area contributed by atoms with Crippen molar-refractivity contribution in [3.05, 3.63) is 47.5 Å². The van der Waals surface area contributed by atoms with Gasteiger partial charge >= 0.3 is 0 Å². The first-order valence-corrected chi connectivity index (χ1v) is 8.68. The maximum Gasteiger partial charge on any atom is 0.261 e. The largest absolute Gasteiger partial charge is 0.331 e. The van der Waals surface area contributed by atoms with E-state index in [0.717, 1.165) is 25.2 Å². The quantitative estimate of drug-likeness (QED) is 0.604. The molecule has 25 heavy (non-hydrogen) atoms. The van der Waals surface area contributed by atoms with Crippen molar-refractivity contribution in [2.24, 2.45) is 0 Å².